The lowest BCUT2D eigenvalue weighted by Gasteiger charge is -2.22. The number of nitrogens with zero attached hydrogens (tertiary/aromatic N) is 1. The fourth-order valence-corrected chi connectivity index (χ4v) is 2.61. The monoisotopic (exact) mass is 346 g/mol. The van der Waals surface area contributed by atoms with Crippen LogP contribution in [0.1, 0.15) is 19.3 Å². The zero-order valence-electron chi connectivity index (χ0n) is 10.9. The van der Waals surface area contributed by atoms with Crippen LogP contribution in [0.2, 0.25) is 0 Å². The topological polar surface area (TPSA) is 64.4 Å². The number of nitro groups is 1. The summed E-state index contributed by atoms with van der Waals surface area (Å²) in [5.74, 6) is -0.0625. The number of hydrogen-bond acceptors (Lipinski definition) is 4. The summed E-state index contributed by atoms with van der Waals surface area (Å²) in [6.45, 7) is 2.34. The van der Waals surface area contributed by atoms with Crippen molar-refractivity contribution in [1.82, 2.24) is 5.32 Å². The van der Waals surface area contributed by atoms with E-state index in [9.17, 15) is 14.5 Å². The van der Waals surface area contributed by atoms with Gasteiger partial charge in [-0.25, -0.2) is 4.39 Å². The zero-order valence-corrected chi connectivity index (χ0v) is 12.5. The van der Waals surface area contributed by atoms with Crippen LogP contribution in [0.15, 0.2) is 16.6 Å². The molecule has 1 fully saturated rings. The maximum Gasteiger partial charge on any atom is 0.312 e. The van der Waals surface area contributed by atoms with E-state index < -0.39 is 10.7 Å². The third kappa shape index (κ3) is 3.89. The predicted molar refractivity (Wildman–Crippen MR) is 76.5 cm³/mol. The van der Waals surface area contributed by atoms with E-state index in [1.165, 1.54) is 0 Å². The number of piperidine rings is 1. The number of rotatable bonds is 5. The van der Waals surface area contributed by atoms with Crippen molar-refractivity contribution in [2.45, 2.75) is 19.3 Å². The second-order valence-electron chi connectivity index (χ2n) is 4.84. The molecular weight excluding hydrogens is 331 g/mol. The molecule has 0 spiro atoms. The number of nitrogens with one attached hydrogen (secondary N) is 1. The molecule has 1 heterocycles. The first-order chi connectivity index (χ1) is 9.58. The third-order valence-corrected chi connectivity index (χ3v) is 3.99. The highest BCUT2D eigenvalue weighted by Crippen LogP contribution is 2.32. The van der Waals surface area contributed by atoms with Gasteiger partial charge in [-0.1, -0.05) is 0 Å². The van der Waals surface area contributed by atoms with Crippen molar-refractivity contribution >= 4 is 21.6 Å². The quantitative estimate of drug-likeness (QED) is 0.656. The normalized spacial score (nSPS) is 18.8. The number of hydrogen-bond donors (Lipinski definition) is 1. The van der Waals surface area contributed by atoms with Crippen molar-refractivity contribution in [3.05, 3.63) is 32.5 Å². The Hall–Kier alpha value is -1.21. The molecule has 1 N–H and O–H groups in total. The minimum absolute atomic E-state index is 0.0144. The SMILES string of the molecule is O=[N+]([O-])c1cc(Br)c(F)cc1OCCC1CCCNC1. The Bertz CT molecular complexity index is 493. The molecule has 0 aromatic heterocycles. The molecule has 1 aromatic carbocycles. The molecule has 1 saturated heterocycles. The van der Waals surface area contributed by atoms with Gasteiger partial charge < -0.3 is 10.1 Å². The molecule has 1 atom stereocenters. The van der Waals surface area contributed by atoms with E-state index in [4.69, 9.17) is 4.74 Å². The first-order valence-electron chi connectivity index (χ1n) is 6.55. The van der Waals surface area contributed by atoms with Crippen molar-refractivity contribution in [1.29, 1.82) is 0 Å². The van der Waals surface area contributed by atoms with Gasteiger partial charge in [0.05, 0.1) is 16.0 Å². The van der Waals surface area contributed by atoms with Gasteiger partial charge in [-0.05, 0) is 54.2 Å². The summed E-state index contributed by atoms with van der Waals surface area (Å²) in [4.78, 5) is 10.4. The Balaban J connectivity index is 1.97. The lowest BCUT2D eigenvalue weighted by atomic mass is 9.97. The fourth-order valence-electron chi connectivity index (χ4n) is 2.28. The molecule has 1 aliphatic rings. The van der Waals surface area contributed by atoms with Crippen LogP contribution in [-0.2, 0) is 0 Å². The van der Waals surface area contributed by atoms with E-state index in [2.05, 4.69) is 21.2 Å². The molecule has 0 bridgehead atoms. The van der Waals surface area contributed by atoms with Crippen LogP contribution in [0.5, 0.6) is 5.75 Å². The molecule has 0 amide bonds. The minimum Gasteiger partial charge on any atom is -0.487 e. The maximum absolute atomic E-state index is 13.4. The van der Waals surface area contributed by atoms with Crippen LogP contribution in [0, 0.1) is 21.8 Å². The number of halogens is 2. The van der Waals surface area contributed by atoms with E-state index in [0.717, 1.165) is 44.5 Å². The Morgan fingerprint density at radius 3 is 3.00 bits per heavy atom. The molecule has 110 valence electrons. The Morgan fingerprint density at radius 1 is 1.55 bits per heavy atom. The molecule has 1 aliphatic heterocycles. The summed E-state index contributed by atoms with van der Waals surface area (Å²) in [6, 6.07) is 2.19. The Labute approximate surface area is 124 Å². The van der Waals surface area contributed by atoms with Gasteiger partial charge in [0.1, 0.15) is 5.82 Å². The third-order valence-electron chi connectivity index (χ3n) is 3.38. The first-order valence-corrected chi connectivity index (χ1v) is 7.34. The van der Waals surface area contributed by atoms with Crippen molar-refractivity contribution in [3.8, 4) is 5.75 Å². The molecule has 2 rings (SSSR count). The van der Waals surface area contributed by atoms with Crippen LogP contribution in [-0.4, -0.2) is 24.6 Å². The van der Waals surface area contributed by atoms with Crippen LogP contribution >= 0.6 is 15.9 Å². The highest BCUT2D eigenvalue weighted by atomic mass is 79.9. The molecule has 0 radical (unpaired) electrons. The average Bonchev–Trinajstić information content (AvgIpc) is 2.43. The second-order valence-corrected chi connectivity index (χ2v) is 5.70. The Morgan fingerprint density at radius 2 is 2.35 bits per heavy atom. The highest BCUT2D eigenvalue weighted by molar-refractivity contribution is 9.10. The van der Waals surface area contributed by atoms with Crippen molar-refractivity contribution in [2.75, 3.05) is 19.7 Å². The second kappa shape index (κ2) is 6.99. The molecule has 20 heavy (non-hydrogen) atoms. The van der Waals surface area contributed by atoms with Crippen LogP contribution in [0.3, 0.4) is 0 Å². The van der Waals surface area contributed by atoms with Gasteiger partial charge in [-0.15, -0.1) is 0 Å². The van der Waals surface area contributed by atoms with Crippen LogP contribution in [0.4, 0.5) is 10.1 Å². The maximum atomic E-state index is 13.4. The van der Waals surface area contributed by atoms with Gasteiger partial charge in [0.2, 0.25) is 0 Å². The number of benzene rings is 1. The molecule has 1 unspecified atom stereocenters. The number of nitro benzene ring substituents is 1. The van der Waals surface area contributed by atoms with Gasteiger partial charge in [0.15, 0.2) is 5.75 Å². The zero-order chi connectivity index (χ0) is 14.5. The minimum atomic E-state index is -0.568. The van der Waals surface area contributed by atoms with E-state index in [1.54, 1.807) is 0 Å². The van der Waals surface area contributed by atoms with Crippen molar-refractivity contribution in [2.24, 2.45) is 5.92 Å². The lowest BCUT2D eigenvalue weighted by molar-refractivity contribution is -0.386. The Kier molecular flexibility index (Phi) is 5.31. The highest BCUT2D eigenvalue weighted by Gasteiger charge is 2.20. The molecule has 5 nitrogen and oxygen atoms in total. The standard InChI is InChI=1S/C13H16BrFN2O3/c14-10-6-12(17(18)19)13(7-11(10)15)20-5-3-9-2-1-4-16-8-9/h6-7,9,16H,1-5,8H2. The summed E-state index contributed by atoms with van der Waals surface area (Å²) in [5.41, 5.74) is -0.222. The molecule has 7 heteroatoms. The van der Waals surface area contributed by atoms with Crippen LogP contribution in [0.25, 0.3) is 0 Å². The van der Waals surface area contributed by atoms with Crippen LogP contribution < -0.4 is 10.1 Å². The molecule has 1 aromatic rings. The summed E-state index contributed by atoms with van der Waals surface area (Å²) in [5, 5.41) is 14.2. The summed E-state index contributed by atoms with van der Waals surface area (Å²) >= 11 is 2.94. The molecule has 0 aliphatic carbocycles. The predicted octanol–water partition coefficient (Wildman–Crippen LogP) is 3.26. The average molecular weight is 347 g/mol. The largest absolute Gasteiger partial charge is 0.487 e. The van der Waals surface area contributed by atoms with E-state index in [1.807, 2.05) is 0 Å². The van der Waals surface area contributed by atoms with Gasteiger partial charge in [0.25, 0.3) is 0 Å². The van der Waals surface area contributed by atoms with Gasteiger partial charge >= 0.3 is 5.69 Å². The summed E-state index contributed by atoms with van der Waals surface area (Å²) in [6.07, 6.45) is 3.08. The van der Waals surface area contributed by atoms with Crippen molar-refractivity contribution in [3.63, 3.8) is 0 Å². The molecule has 0 saturated carbocycles. The van der Waals surface area contributed by atoms with Crippen molar-refractivity contribution < 1.29 is 14.1 Å². The summed E-state index contributed by atoms with van der Waals surface area (Å²) in [7, 11) is 0. The first kappa shape index (κ1) is 15.2. The van der Waals surface area contributed by atoms with Gasteiger partial charge in [-0.2, -0.15) is 0 Å². The molecular formula is C13H16BrFN2O3. The van der Waals surface area contributed by atoms with E-state index >= 15 is 0 Å². The smallest absolute Gasteiger partial charge is 0.312 e. The van der Waals surface area contributed by atoms with E-state index in [0.29, 0.717) is 12.5 Å². The number of ether oxygens (including phenoxy) is 1. The van der Waals surface area contributed by atoms with Gasteiger partial charge in [-0.3, -0.25) is 10.1 Å². The fraction of sp³-hybridized carbons (Fsp3) is 0.538. The van der Waals surface area contributed by atoms with E-state index in [-0.39, 0.29) is 15.9 Å². The van der Waals surface area contributed by atoms with Gasteiger partial charge in [0, 0.05) is 12.1 Å². The summed E-state index contributed by atoms with van der Waals surface area (Å²) < 4.78 is 18.9. The lowest BCUT2D eigenvalue weighted by Crippen LogP contribution is -2.30.